The van der Waals surface area contributed by atoms with Crippen LogP contribution in [0.2, 0.25) is 0 Å². The lowest BCUT2D eigenvalue weighted by Gasteiger charge is -2.04. The molecule has 3 heteroatoms. The minimum Gasteiger partial charge on any atom is -0.478 e. The van der Waals surface area contributed by atoms with E-state index in [1.165, 1.54) is 25.7 Å². The summed E-state index contributed by atoms with van der Waals surface area (Å²) in [5, 5.41) is 12.0. The molecule has 0 aromatic rings. The number of hydrogen-bond acceptors (Lipinski definition) is 2. The Kier molecular flexibility index (Phi) is 11.1. The Balaban J connectivity index is 3.08. The van der Waals surface area contributed by atoms with Gasteiger partial charge in [-0.1, -0.05) is 39.2 Å². The van der Waals surface area contributed by atoms with Crippen LogP contribution in [0.5, 0.6) is 0 Å². The first-order chi connectivity index (χ1) is 8.18. The third kappa shape index (κ3) is 11.4. The van der Waals surface area contributed by atoms with Crippen LogP contribution in [0.4, 0.5) is 0 Å². The topological polar surface area (TPSA) is 49.3 Å². The summed E-state index contributed by atoms with van der Waals surface area (Å²) >= 11 is 0. The van der Waals surface area contributed by atoms with Crippen LogP contribution in [0.25, 0.3) is 0 Å². The lowest BCUT2D eigenvalue weighted by molar-refractivity contribution is -0.132. The highest BCUT2D eigenvalue weighted by molar-refractivity contribution is 5.85. The molecule has 100 valence electrons. The highest BCUT2D eigenvalue weighted by Gasteiger charge is 2.02. The predicted octanol–water partition coefficient (Wildman–Crippen LogP) is 3.36. The Morgan fingerprint density at radius 2 is 1.65 bits per heavy atom. The normalized spacial score (nSPS) is 10.4. The Morgan fingerprint density at radius 3 is 2.18 bits per heavy atom. The number of carboxylic acid groups (broad SMARTS) is 1. The van der Waals surface area contributed by atoms with Gasteiger partial charge in [-0.2, -0.15) is 0 Å². The van der Waals surface area contributed by atoms with Crippen LogP contribution in [0.3, 0.4) is 0 Å². The highest BCUT2D eigenvalue weighted by atomic mass is 16.4. The lowest BCUT2D eigenvalue weighted by atomic mass is 10.1. The van der Waals surface area contributed by atoms with Gasteiger partial charge in [0.2, 0.25) is 0 Å². The number of carbonyl (C=O) groups is 1. The molecule has 0 heterocycles. The van der Waals surface area contributed by atoms with Crippen molar-refractivity contribution in [2.24, 2.45) is 0 Å². The molecule has 0 saturated heterocycles. The molecular weight excluding hydrogens is 214 g/mol. The third-order valence-electron chi connectivity index (χ3n) is 2.84. The highest BCUT2D eigenvalue weighted by Crippen LogP contribution is 2.06. The zero-order valence-electron chi connectivity index (χ0n) is 11.1. The average molecular weight is 241 g/mol. The van der Waals surface area contributed by atoms with Gasteiger partial charge >= 0.3 is 5.97 Å². The van der Waals surface area contributed by atoms with Gasteiger partial charge in [0.1, 0.15) is 0 Å². The fourth-order valence-corrected chi connectivity index (χ4v) is 1.67. The summed E-state index contributed by atoms with van der Waals surface area (Å²) in [5.41, 5.74) is 0.331. The summed E-state index contributed by atoms with van der Waals surface area (Å²) in [6.45, 7) is 7.90. The summed E-state index contributed by atoms with van der Waals surface area (Å²) in [5.74, 6) is -0.862. The molecular formula is C14H27NO2. The maximum Gasteiger partial charge on any atom is 0.330 e. The first-order valence-electron chi connectivity index (χ1n) is 6.80. The van der Waals surface area contributed by atoms with Crippen molar-refractivity contribution in [3.8, 4) is 0 Å². The van der Waals surface area contributed by atoms with Crippen LogP contribution in [0, 0.1) is 0 Å². The molecule has 2 N–H and O–H groups in total. The van der Waals surface area contributed by atoms with E-state index in [2.05, 4.69) is 18.8 Å². The number of unbranched alkanes of at least 4 members (excludes halogenated alkanes) is 5. The van der Waals surface area contributed by atoms with Crippen molar-refractivity contribution in [3.05, 3.63) is 12.2 Å². The monoisotopic (exact) mass is 241 g/mol. The summed E-state index contributed by atoms with van der Waals surface area (Å²) in [6, 6.07) is 0. The van der Waals surface area contributed by atoms with Crippen molar-refractivity contribution in [2.75, 3.05) is 13.1 Å². The summed E-state index contributed by atoms with van der Waals surface area (Å²) in [6.07, 6.45) is 8.96. The minimum atomic E-state index is -0.862. The SMILES string of the molecule is C=C(CCCCCNCCCCCC)C(=O)O. The molecule has 0 amide bonds. The molecule has 0 fully saturated rings. The van der Waals surface area contributed by atoms with E-state index in [1.807, 2.05) is 0 Å². The fourth-order valence-electron chi connectivity index (χ4n) is 1.67. The number of hydrogen-bond donors (Lipinski definition) is 2. The molecule has 0 aromatic heterocycles. The Morgan fingerprint density at radius 1 is 1.06 bits per heavy atom. The number of nitrogens with one attached hydrogen (secondary N) is 1. The van der Waals surface area contributed by atoms with Gasteiger partial charge in [0.25, 0.3) is 0 Å². The summed E-state index contributed by atoms with van der Waals surface area (Å²) in [4.78, 5) is 10.5. The molecule has 17 heavy (non-hydrogen) atoms. The molecule has 0 aliphatic heterocycles. The van der Waals surface area contributed by atoms with E-state index in [9.17, 15) is 4.79 Å². The van der Waals surface area contributed by atoms with Gasteiger partial charge in [-0.25, -0.2) is 4.79 Å². The predicted molar refractivity (Wildman–Crippen MR) is 72.3 cm³/mol. The Hall–Kier alpha value is -0.830. The van der Waals surface area contributed by atoms with Crippen molar-refractivity contribution in [1.29, 1.82) is 0 Å². The lowest BCUT2D eigenvalue weighted by Crippen LogP contribution is -2.16. The van der Waals surface area contributed by atoms with E-state index < -0.39 is 5.97 Å². The maximum absolute atomic E-state index is 10.5. The van der Waals surface area contributed by atoms with Gasteiger partial charge in [0, 0.05) is 5.57 Å². The molecule has 0 saturated carbocycles. The van der Waals surface area contributed by atoms with Crippen LogP contribution in [-0.4, -0.2) is 24.2 Å². The molecule has 3 nitrogen and oxygen atoms in total. The maximum atomic E-state index is 10.5. The van der Waals surface area contributed by atoms with Gasteiger partial charge in [-0.3, -0.25) is 0 Å². The molecule has 0 aliphatic rings. The number of aliphatic carboxylic acids is 1. The molecule has 0 atom stereocenters. The first-order valence-corrected chi connectivity index (χ1v) is 6.80. The van der Waals surface area contributed by atoms with Crippen molar-refractivity contribution in [1.82, 2.24) is 5.32 Å². The molecule has 0 spiro atoms. The molecule has 0 radical (unpaired) electrons. The smallest absolute Gasteiger partial charge is 0.330 e. The minimum absolute atomic E-state index is 0.331. The second-order valence-electron chi connectivity index (χ2n) is 4.53. The van der Waals surface area contributed by atoms with E-state index in [0.29, 0.717) is 12.0 Å². The molecule has 0 rings (SSSR count). The zero-order chi connectivity index (χ0) is 12.9. The van der Waals surface area contributed by atoms with Crippen LogP contribution in [0.15, 0.2) is 12.2 Å². The van der Waals surface area contributed by atoms with Crippen molar-refractivity contribution >= 4 is 5.97 Å². The van der Waals surface area contributed by atoms with Gasteiger partial charge < -0.3 is 10.4 Å². The molecule has 0 aromatic carbocycles. The van der Waals surface area contributed by atoms with Crippen LogP contribution in [0.1, 0.15) is 58.3 Å². The Bertz CT molecular complexity index is 214. The number of carboxylic acids is 1. The molecule has 0 aliphatic carbocycles. The third-order valence-corrected chi connectivity index (χ3v) is 2.84. The standard InChI is InChI=1S/C14H27NO2/c1-3-4-5-8-11-15-12-9-6-7-10-13(2)14(16)17/h15H,2-12H2,1H3,(H,16,17). The molecule has 0 unspecified atom stereocenters. The van der Waals surface area contributed by atoms with Gasteiger partial charge in [0.15, 0.2) is 0 Å². The number of rotatable bonds is 12. The summed E-state index contributed by atoms with van der Waals surface area (Å²) < 4.78 is 0. The summed E-state index contributed by atoms with van der Waals surface area (Å²) in [7, 11) is 0. The molecule has 0 bridgehead atoms. The fraction of sp³-hybridized carbons (Fsp3) is 0.786. The van der Waals surface area contributed by atoms with Crippen LogP contribution >= 0.6 is 0 Å². The van der Waals surface area contributed by atoms with E-state index in [4.69, 9.17) is 5.11 Å². The van der Waals surface area contributed by atoms with E-state index in [0.717, 1.165) is 32.4 Å². The second-order valence-corrected chi connectivity index (χ2v) is 4.53. The van der Waals surface area contributed by atoms with Crippen molar-refractivity contribution in [2.45, 2.75) is 58.3 Å². The largest absolute Gasteiger partial charge is 0.478 e. The van der Waals surface area contributed by atoms with Crippen LogP contribution in [-0.2, 0) is 4.79 Å². The quantitative estimate of drug-likeness (QED) is 0.407. The van der Waals surface area contributed by atoms with E-state index >= 15 is 0 Å². The van der Waals surface area contributed by atoms with Gasteiger partial charge in [-0.15, -0.1) is 0 Å². The van der Waals surface area contributed by atoms with E-state index in [1.54, 1.807) is 0 Å². The second kappa shape index (κ2) is 11.6. The average Bonchev–Trinajstić information content (AvgIpc) is 2.31. The zero-order valence-corrected chi connectivity index (χ0v) is 11.1. The van der Waals surface area contributed by atoms with E-state index in [-0.39, 0.29) is 0 Å². The van der Waals surface area contributed by atoms with Crippen LogP contribution < -0.4 is 5.32 Å². The Labute approximate surface area is 105 Å². The van der Waals surface area contributed by atoms with Gasteiger partial charge in [-0.05, 0) is 38.8 Å². The first kappa shape index (κ1) is 16.2. The van der Waals surface area contributed by atoms with Crippen molar-refractivity contribution < 1.29 is 9.90 Å². The van der Waals surface area contributed by atoms with Gasteiger partial charge in [0.05, 0.1) is 0 Å². The van der Waals surface area contributed by atoms with Crippen molar-refractivity contribution in [3.63, 3.8) is 0 Å².